The molecule has 0 aromatic heterocycles. The van der Waals surface area contributed by atoms with Crippen molar-refractivity contribution in [1.29, 1.82) is 0 Å². The van der Waals surface area contributed by atoms with Crippen LogP contribution in [0.25, 0.3) is 0 Å². The van der Waals surface area contributed by atoms with Gasteiger partial charge in [-0.25, -0.2) is 13.1 Å². The fourth-order valence-electron chi connectivity index (χ4n) is 1.54. The first kappa shape index (κ1) is 17.7. The smallest absolute Gasteiger partial charge is 0.240 e. The molecular formula is C13H22N2O5S. The molecule has 0 heterocycles. The number of nitrogens with one attached hydrogen (secondary N) is 1. The van der Waals surface area contributed by atoms with Crippen LogP contribution in [-0.2, 0) is 19.5 Å². The quantitative estimate of drug-likeness (QED) is 0.484. The molecule has 0 aliphatic carbocycles. The first-order valence-electron chi connectivity index (χ1n) is 6.54. The lowest BCUT2D eigenvalue weighted by Crippen LogP contribution is -2.18. The summed E-state index contributed by atoms with van der Waals surface area (Å²) in [4.78, 5) is 0.107. The average molecular weight is 318 g/mol. The van der Waals surface area contributed by atoms with E-state index >= 15 is 0 Å². The van der Waals surface area contributed by atoms with Crippen LogP contribution in [0, 0.1) is 0 Å². The fourth-order valence-corrected chi connectivity index (χ4v) is 2.29. The molecule has 0 spiro atoms. The van der Waals surface area contributed by atoms with Crippen molar-refractivity contribution in [3.05, 3.63) is 18.2 Å². The standard InChI is InChI=1S/C13H22N2O5S/c1-15-21(16,17)11-4-5-12(14)13(10-11)20-9-8-19-7-3-6-18-2/h4-5,10,15H,3,6-9,14H2,1-2H3. The lowest BCUT2D eigenvalue weighted by atomic mass is 10.3. The number of anilines is 1. The molecule has 1 aromatic carbocycles. The molecule has 8 heteroatoms. The third kappa shape index (κ3) is 5.88. The van der Waals surface area contributed by atoms with Crippen LogP contribution in [-0.4, -0.2) is 49.0 Å². The van der Waals surface area contributed by atoms with Gasteiger partial charge in [0.1, 0.15) is 12.4 Å². The van der Waals surface area contributed by atoms with Crippen molar-refractivity contribution in [3.8, 4) is 5.75 Å². The number of methoxy groups -OCH3 is 1. The Morgan fingerprint density at radius 3 is 2.62 bits per heavy atom. The van der Waals surface area contributed by atoms with Gasteiger partial charge in [0.05, 0.1) is 17.2 Å². The molecule has 21 heavy (non-hydrogen) atoms. The van der Waals surface area contributed by atoms with Gasteiger partial charge in [-0.05, 0) is 25.6 Å². The normalized spacial score (nSPS) is 11.5. The molecule has 0 radical (unpaired) electrons. The van der Waals surface area contributed by atoms with Gasteiger partial charge in [0, 0.05) is 26.4 Å². The van der Waals surface area contributed by atoms with Gasteiger partial charge < -0.3 is 19.9 Å². The molecule has 0 amide bonds. The molecule has 0 unspecified atom stereocenters. The van der Waals surface area contributed by atoms with Gasteiger partial charge in [-0.1, -0.05) is 0 Å². The summed E-state index contributed by atoms with van der Waals surface area (Å²) in [7, 11) is -0.529. The summed E-state index contributed by atoms with van der Waals surface area (Å²) >= 11 is 0. The molecule has 1 rings (SSSR count). The van der Waals surface area contributed by atoms with E-state index in [4.69, 9.17) is 19.9 Å². The van der Waals surface area contributed by atoms with Crippen molar-refractivity contribution in [2.75, 3.05) is 46.3 Å². The number of hydrogen-bond acceptors (Lipinski definition) is 6. The minimum absolute atomic E-state index is 0.107. The number of nitrogen functional groups attached to an aromatic ring is 1. The van der Waals surface area contributed by atoms with Crippen LogP contribution in [0.5, 0.6) is 5.75 Å². The van der Waals surface area contributed by atoms with E-state index in [1.165, 1.54) is 25.2 Å². The summed E-state index contributed by atoms with van der Waals surface area (Å²) in [6, 6.07) is 4.32. The number of ether oxygens (including phenoxy) is 3. The Morgan fingerprint density at radius 1 is 1.19 bits per heavy atom. The largest absolute Gasteiger partial charge is 0.489 e. The second kappa shape index (κ2) is 8.83. The highest BCUT2D eigenvalue weighted by Crippen LogP contribution is 2.24. The molecule has 0 saturated carbocycles. The highest BCUT2D eigenvalue weighted by molar-refractivity contribution is 7.89. The Hall–Kier alpha value is -1.35. The zero-order valence-corrected chi connectivity index (χ0v) is 13.1. The highest BCUT2D eigenvalue weighted by Gasteiger charge is 2.13. The first-order chi connectivity index (χ1) is 10.0. The molecule has 120 valence electrons. The van der Waals surface area contributed by atoms with Crippen LogP contribution in [0.2, 0.25) is 0 Å². The number of sulfonamides is 1. The molecule has 0 fully saturated rings. The SMILES string of the molecule is CNS(=O)(=O)c1ccc(N)c(OCCOCCCOC)c1. The van der Waals surface area contributed by atoms with E-state index in [1.807, 2.05) is 0 Å². The fraction of sp³-hybridized carbons (Fsp3) is 0.538. The summed E-state index contributed by atoms with van der Waals surface area (Å²) in [5.41, 5.74) is 6.14. The number of rotatable bonds is 10. The van der Waals surface area contributed by atoms with Crippen LogP contribution in [0.4, 0.5) is 5.69 Å². The van der Waals surface area contributed by atoms with Crippen LogP contribution < -0.4 is 15.2 Å². The van der Waals surface area contributed by atoms with Gasteiger partial charge in [-0.15, -0.1) is 0 Å². The predicted octanol–water partition coefficient (Wildman–Crippen LogP) is 0.609. The second-order valence-electron chi connectivity index (χ2n) is 4.21. The summed E-state index contributed by atoms with van der Waals surface area (Å²) in [5, 5.41) is 0. The third-order valence-electron chi connectivity index (χ3n) is 2.69. The van der Waals surface area contributed by atoms with Crippen molar-refractivity contribution >= 4 is 15.7 Å². The van der Waals surface area contributed by atoms with Gasteiger partial charge in [0.25, 0.3) is 0 Å². The maximum absolute atomic E-state index is 11.7. The zero-order chi connectivity index (χ0) is 15.7. The topological polar surface area (TPSA) is 99.9 Å². The van der Waals surface area contributed by atoms with E-state index in [0.717, 1.165) is 6.42 Å². The van der Waals surface area contributed by atoms with Crippen LogP contribution in [0.3, 0.4) is 0 Å². The van der Waals surface area contributed by atoms with E-state index in [2.05, 4.69) is 4.72 Å². The Morgan fingerprint density at radius 2 is 1.95 bits per heavy atom. The van der Waals surface area contributed by atoms with Crippen molar-refractivity contribution in [1.82, 2.24) is 4.72 Å². The van der Waals surface area contributed by atoms with E-state index in [9.17, 15) is 8.42 Å². The number of benzene rings is 1. The molecule has 3 N–H and O–H groups in total. The van der Waals surface area contributed by atoms with Crippen molar-refractivity contribution < 1.29 is 22.6 Å². The number of hydrogen-bond donors (Lipinski definition) is 2. The molecule has 7 nitrogen and oxygen atoms in total. The molecular weight excluding hydrogens is 296 g/mol. The Kier molecular flexibility index (Phi) is 7.44. The van der Waals surface area contributed by atoms with Gasteiger partial charge in [0.2, 0.25) is 10.0 Å². The zero-order valence-electron chi connectivity index (χ0n) is 12.3. The van der Waals surface area contributed by atoms with Crippen molar-refractivity contribution in [2.24, 2.45) is 0 Å². The summed E-state index contributed by atoms with van der Waals surface area (Å²) in [6.45, 7) is 1.92. The van der Waals surface area contributed by atoms with Crippen LogP contribution in [0.1, 0.15) is 6.42 Å². The molecule has 0 aliphatic rings. The lowest BCUT2D eigenvalue weighted by molar-refractivity contribution is 0.0808. The lowest BCUT2D eigenvalue weighted by Gasteiger charge is -2.11. The minimum Gasteiger partial charge on any atom is -0.489 e. The average Bonchev–Trinajstić information content (AvgIpc) is 2.47. The van der Waals surface area contributed by atoms with Crippen molar-refractivity contribution in [3.63, 3.8) is 0 Å². The molecule has 0 bridgehead atoms. The Labute approximate surface area is 125 Å². The van der Waals surface area contributed by atoms with Gasteiger partial charge in [-0.2, -0.15) is 0 Å². The Bertz CT molecular complexity index is 533. The van der Waals surface area contributed by atoms with Crippen molar-refractivity contribution in [2.45, 2.75) is 11.3 Å². The summed E-state index contributed by atoms with van der Waals surface area (Å²) in [5.74, 6) is 0.326. The summed E-state index contributed by atoms with van der Waals surface area (Å²) < 4.78 is 41.3. The molecule has 0 aliphatic heterocycles. The maximum Gasteiger partial charge on any atom is 0.240 e. The number of nitrogens with two attached hydrogens (primary N) is 1. The van der Waals surface area contributed by atoms with Gasteiger partial charge in [0.15, 0.2) is 0 Å². The molecule has 1 aromatic rings. The van der Waals surface area contributed by atoms with E-state index in [-0.39, 0.29) is 4.90 Å². The third-order valence-corrected chi connectivity index (χ3v) is 4.10. The van der Waals surface area contributed by atoms with Crippen LogP contribution in [0.15, 0.2) is 23.1 Å². The van der Waals surface area contributed by atoms with E-state index < -0.39 is 10.0 Å². The first-order valence-corrected chi connectivity index (χ1v) is 8.02. The molecule has 0 saturated heterocycles. The molecule has 0 atom stereocenters. The maximum atomic E-state index is 11.7. The van der Waals surface area contributed by atoms with E-state index in [0.29, 0.717) is 37.9 Å². The van der Waals surface area contributed by atoms with Gasteiger partial charge >= 0.3 is 0 Å². The van der Waals surface area contributed by atoms with Crippen LogP contribution >= 0.6 is 0 Å². The Balaban J connectivity index is 2.50. The highest BCUT2D eigenvalue weighted by atomic mass is 32.2. The van der Waals surface area contributed by atoms with E-state index in [1.54, 1.807) is 7.11 Å². The van der Waals surface area contributed by atoms with Gasteiger partial charge in [-0.3, -0.25) is 0 Å². The second-order valence-corrected chi connectivity index (χ2v) is 6.10. The predicted molar refractivity (Wildman–Crippen MR) is 79.9 cm³/mol. The monoisotopic (exact) mass is 318 g/mol. The summed E-state index contributed by atoms with van der Waals surface area (Å²) in [6.07, 6.45) is 0.814. The minimum atomic E-state index is -3.51.